The molecule has 2 rings (SSSR count). The molecule has 0 amide bonds. The number of aromatic amines is 1. The number of nitrogens with one attached hydrogen (secondary N) is 1. The summed E-state index contributed by atoms with van der Waals surface area (Å²) in [6, 6.07) is 0.687. The van der Waals surface area contributed by atoms with E-state index in [4.69, 9.17) is 39.9 Å². The van der Waals surface area contributed by atoms with Crippen LogP contribution in [0.15, 0.2) is 16.1 Å². The molecule has 0 fully saturated rings. The molecular formula is C12H10Cl2F3N5OS. The number of nitrogens with two attached hydrogens (primary N) is 2. The average molecular weight is 400 g/mol. The van der Waals surface area contributed by atoms with E-state index in [1.165, 1.54) is 0 Å². The van der Waals surface area contributed by atoms with Gasteiger partial charge in [0.2, 0.25) is 0 Å². The Morgan fingerprint density at radius 2 is 2.04 bits per heavy atom. The highest BCUT2D eigenvalue weighted by Crippen LogP contribution is 2.47. The number of aromatic nitrogens is 2. The Balaban J connectivity index is 2.76. The monoisotopic (exact) mass is 399 g/mol. The molecule has 0 aliphatic carbocycles. The van der Waals surface area contributed by atoms with Crippen LogP contribution in [-0.4, -0.2) is 27.5 Å². The zero-order chi connectivity index (χ0) is 18.2. The number of amidine groups is 1. The van der Waals surface area contributed by atoms with Crippen LogP contribution in [-0.2, 0) is 6.18 Å². The molecule has 0 aliphatic heterocycles. The van der Waals surface area contributed by atoms with Crippen molar-refractivity contribution in [1.82, 2.24) is 10.2 Å². The first-order valence-electron chi connectivity index (χ1n) is 6.08. The number of oxime groups is 1. The smallest absolute Gasteiger partial charge is 0.409 e. The highest BCUT2D eigenvalue weighted by molar-refractivity contribution is 7.98. The lowest BCUT2D eigenvalue weighted by atomic mass is 10.1. The van der Waals surface area contributed by atoms with Crippen LogP contribution in [0, 0.1) is 0 Å². The minimum absolute atomic E-state index is 0.0395. The second kappa shape index (κ2) is 6.61. The first-order valence-corrected chi connectivity index (χ1v) is 8.06. The van der Waals surface area contributed by atoms with Crippen molar-refractivity contribution in [3.63, 3.8) is 0 Å². The van der Waals surface area contributed by atoms with E-state index in [9.17, 15) is 13.2 Å². The SMILES string of the molecule is CSc1c(C(N)=NO)n[nH]c1-c1c(Cl)cc(C(F)(F)F)c(N)c1Cl. The molecule has 6 N–H and O–H groups in total. The molecule has 12 heteroatoms. The molecule has 0 radical (unpaired) electrons. The molecule has 6 nitrogen and oxygen atoms in total. The first-order chi connectivity index (χ1) is 11.1. The standard InChI is InChI=1S/C12H10Cl2F3N5OS/c1-24-10-8(20-21-9(10)11(19)22-23)5-4(13)2-3(12(15,16)17)7(18)6(5)14/h2,23H,18H2,1H3,(H2,19,22)(H,20,21). The third-order valence-electron chi connectivity index (χ3n) is 3.09. The average Bonchev–Trinajstić information content (AvgIpc) is 2.92. The Bertz CT molecular complexity index is 822. The zero-order valence-electron chi connectivity index (χ0n) is 11.9. The van der Waals surface area contributed by atoms with Gasteiger partial charge in [0.25, 0.3) is 0 Å². The van der Waals surface area contributed by atoms with Crippen molar-refractivity contribution in [2.24, 2.45) is 10.9 Å². The van der Waals surface area contributed by atoms with Gasteiger partial charge in [-0.25, -0.2) is 0 Å². The van der Waals surface area contributed by atoms with E-state index in [0.29, 0.717) is 11.0 Å². The minimum Gasteiger partial charge on any atom is -0.409 e. The van der Waals surface area contributed by atoms with Gasteiger partial charge in [0.1, 0.15) is 5.69 Å². The number of rotatable bonds is 3. The maximum atomic E-state index is 13.0. The fourth-order valence-electron chi connectivity index (χ4n) is 2.02. The van der Waals surface area contributed by atoms with E-state index in [0.717, 1.165) is 11.8 Å². The summed E-state index contributed by atoms with van der Waals surface area (Å²) >= 11 is 13.2. The molecule has 0 saturated carbocycles. The fraction of sp³-hybridized carbons (Fsp3) is 0.167. The molecule has 130 valence electrons. The number of halogens is 5. The van der Waals surface area contributed by atoms with Gasteiger partial charge in [-0.05, 0) is 12.3 Å². The van der Waals surface area contributed by atoms with Gasteiger partial charge in [-0.2, -0.15) is 18.3 Å². The van der Waals surface area contributed by atoms with E-state index in [1.54, 1.807) is 6.26 Å². The van der Waals surface area contributed by atoms with Gasteiger partial charge < -0.3 is 16.7 Å². The number of H-pyrrole nitrogens is 1. The number of nitrogen functional groups attached to an aromatic ring is 1. The lowest BCUT2D eigenvalue weighted by molar-refractivity contribution is -0.136. The summed E-state index contributed by atoms with van der Waals surface area (Å²) in [4.78, 5) is 0.383. The van der Waals surface area contributed by atoms with Crippen molar-refractivity contribution in [1.29, 1.82) is 0 Å². The molecule has 0 aliphatic rings. The summed E-state index contributed by atoms with van der Waals surface area (Å²) < 4.78 is 38.9. The number of anilines is 1. The van der Waals surface area contributed by atoms with Gasteiger partial charge in [0.15, 0.2) is 5.84 Å². The van der Waals surface area contributed by atoms with E-state index in [-0.39, 0.29) is 32.8 Å². The predicted molar refractivity (Wildman–Crippen MR) is 87.7 cm³/mol. The molecule has 1 heterocycles. The lowest BCUT2D eigenvalue weighted by Crippen LogP contribution is -2.14. The first kappa shape index (κ1) is 18.6. The normalized spacial score (nSPS) is 12.7. The van der Waals surface area contributed by atoms with Gasteiger partial charge in [-0.3, -0.25) is 5.10 Å². The van der Waals surface area contributed by atoms with Crippen molar-refractivity contribution >= 4 is 46.5 Å². The van der Waals surface area contributed by atoms with Crippen LogP contribution in [0.4, 0.5) is 18.9 Å². The Morgan fingerprint density at radius 1 is 1.42 bits per heavy atom. The zero-order valence-corrected chi connectivity index (χ0v) is 14.2. The van der Waals surface area contributed by atoms with Crippen molar-refractivity contribution in [3.05, 3.63) is 27.4 Å². The van der Waals surface area contributed by atoms with Crippen molar-refractivity contribution < 1.29 is 18.4 Å². The highest BCUT2D eigenvalue weighted by Gasteiger charge is 2.36. The van der Waals surface area contributed by atoms with E-state index in [1.807, 2.05) is 0 Å². The van der Waals surface area contributed by atoms with Gasteiger partial charge in [-0.1, -0.05) is 28.4 Å². The quantitative estimate of drug-likeness (QED) is 0.156. The number of hydrogen-bond acceptors (Lipinski definition) is 5. The second-order valence-electron chi connectivity index (χ2n) is 4.47. The Hall–Kier alpha value is -1.78. The van der Waals surface area contributed by atoms with Crippen LogP contribution in [0.3, 0.4) is 0 Å². The van der Waals surface area contributed by atoms with Crippen molar-refractivity contribution in [3.8, 4) is 11.3 Å². The molecule has 1 aromatic heterocycles. The van der Waals surface area contributed by atoms with Crippen LogP contribution >= 0.6 is 35.0 Å². The van der Waals surface area contributed by atoms with Crippen LogP contribution < -0.4 is 11.5 Å². The largest absolute Gasteiger partial charge is 0.418 e. The number of nitrogens with zero attached hydrogens (tertiary/aromatic N) is 2. The van der Waals surface area contributed by atoms with Crippen LogP contribution in [0.1, 0.15) is 11.3 Å². The molecule has 0 spiro atoms. The third kappa shape index (κ3) is 3.08. The van der Waals surface area contributed by atoms with Gasteiger partial charge >= 0.3 is 6.18 Å². The summed E-state index contributed by atoms with van der Waals surface area (Å²) in [7, 11) is 0. The minimum atomic E-state index is -4.70. The van der Waals surface area contributed by atoms with Gasteiger partial charge in [-0.15, -0.1) is 11.8 Å². The van der Waals surface area contributed by atoms with Crippen molar-refractivity contribution in [2.75, 3.05) is 12.0 Å². The van der Waals surface area contributed by atoms with Crippen LogP contribution in [0.5, 0.6) is 0 Å². The molecule has 0 bridgehead atoms. The molecule has 1 aromatic carbocycles. The number of alkyl halides is 3. The second-order valence-corrected chi connectivity index (χ2v) is 6.07. The fourth-order valence-corrected chi connectivity index (χ4v) is 3.36. The van der Waals surface area contributed by atoms with Crippen molar-refractivity contribution in [2.45, 2.75) is 11.1 Å². The summed E-state index contributed by atoms with van der Waals surface area (Å²) in [6.07, 6.45) is -3.04. The molecule has 0 unspecified atom stereocenters. The lowest BCUT2D eigenvalue weighted by Gasteiger charge is -2.15. The Labute approximate surface area is 148 Å². The summed E-state index contributed by atoms with van der Waals surface area (Å²) in [5.41, 5.74) is 9.59. The highest BCUT2D eigenvalue weighted by atomic mass is 35.5. The maximum absolute atomic E-state index is 13.0. The Morgan fingerprint density at radius 3 is 2.54 bits per heavy atom. The number of thioether (sulfide) groups is 1. The van der Waals surface area contributed by atoms with E-state index in [2.05, 4.69) is 15.4 Å². The Kier molecular flexibility index (Phi) is 5.11. The molecule has 24 heavy (non-hydrogen) atoms. The van der Waals surface area contributed by atoms with Gasteiger partial charge in [0.05, 0.1) is 31.9 Å². The van der Waals surface area contributed by atoms with E-state index < -0.39 is 17.4 Å². The molecular weight excluding hydrogens is 390 g/mol. The molecule has 0 saturated heterocycles. The topological polar surface area (TPSA) is 113 Å². The molecule has 2 aromatic rings. The van der Waals surface area contributed by atoms with Crippen LogP contribution in [0.25, 0.3) is 11.3 Å². The van der Waals surface area contributed by atoms with Gasteiger partial charge in [0, 0.05) is 5.56 Å². The predicted octanol–water partition coefficient (Wildman–Crippen LogP) is 3.80. The summed E-state index contributed by atoms with van der Waals surface area (Å²) in [5, 5.41) is 17.4. The maximum Gasteiger partial charge on any atom is 0.418 e. The summed E-state index contributed by atoms with van der Waals surface area (Å²) in [5.74, 6) is -0.283. The van der Waals surface area contributed by atoms with E-state index >= 15 is 0 Å². The molecule has 0 atom stereocenters. The summed E-state index contributed by atoms with van der Waals surface area (Å²) in [6.45, 7) is 0. The number of hydrogen-bond donors (Lipinski definition) is 4. The van der Waals surface area contributed by atoms with Crippen LogP contribution in [0.2, 0.25) is 10.0 Å². The number of benzene rings is 1. The third-order valence-corrected chi connectivity index (χ3v) is 4.58.